The first-order chi connectivity index (χ1) is 16.2. The fourth-order valence-corrected chi connectivity index (χ4v) is 4.60. The Morgan fingerprint density at radius 2 is 1.85 bits per heavy atom. The van der Waals surface area contributed by atoms with E-state index in [0.29, 0.717) is 38.8 Å². The number of thioether (sulfide) groups is 1. The second-order valence-corrected chi connectivity index (χ2v) is 9.58. The molecule has 0 saturated carbocycles. The summed E-state index contributed by atoms with van der Waals surface area (Å²) in [5.41, 5.74) is 1.87. The normalized spacial score (nSPS) is 11.7. The fraction of sp³-hybridized carbons (Fsp3) is 0.217. The Labute approximate surface area is 216 Å². The molecule has 178 valence electrons. The lowest BCUT2D eigenvalue weighted by atomic mass is 10.2. The number of anilines is 1. The van der Waals surface area contributed by atoms with Crippen LogP contribution in [0.25, 0.3) is 0 Å². The molecule has 1 atom stereocenters. The van der Waals surface area contributed by atoms with Crippen LogP contribution in [0.2, 0.25) is 15.1 Å². The summed E-state index contributed by atoms with van der Waals surface area (Å²) in [4.78, 5) is 25.2. The molecule has 0 spiro atoms. The number of rotatable bonds is 9. The van der Waals surface area contributed by atoms with Gasteiger partial charge in [-0.15, -0.1) is 16.8 Å². The summed E-state index contributed by atoms with van der Waals surface area (Å²) < 4.78 is 1.80. The van der Waals surface area contributed by atoms with E-state index in [1.54, 1.807) is 47.9 Å². The average Bonchev–Trinajstić information content (AvgIpc) is 3.17. The van der Waals surface area contributed by atoms with Crippen LogP contribution in [-0.4, -0.2) is 32.3 Å². The molecule has 1 heterocycles. The lowest BCUT2D eigenvalue weighted by Crippen LogP contribution is -2.29. The molecular formula is C23H22Cl3N5O2S. The van der Waals surface area contributed by atoms with E-state index in [9.17, 15) is 9.59 Å². The highest BCUT2D eigenvalue weighted by Gasteiger charge is 2.21. The molecule has 11 heteroatoms. The zero-order valence-corrected chi connectivity index (χ0v) is 21.5. The zero-order chi connectivity index (χ0) is 24.8. The van der Waals surface area contributed by atoms with Crippen molar-refractivity contribution in [3.8, 4) is 0 Å². The van der Waals surface area contributed by atoms with Crippen LogP contribution in [0.4, 0.5) is 5.69 Å². The zero-order valence-electron chi connectivity index (χ0n) is 18.4. The van der Waals surface area contributed by atoms with E-state index >= 15 is 0 Å². The average molecular weight is 539 g/mol. The SMILES string of the molecule is C=CCn1c(SCC(=O)Nc2ccc(Cl)cc2C)nnc1[C@@H](C)NC(=O)c1ccc(Cl)cc1Cl. The summed E-state index contributed by atoms with van der Waals surface area (Å²) in [6.45, 7) is 7.84. The minimum Gasteiger partial charge on any atom is -0.342 e. The number of benzene rings is 2. The van der Waals surface area contributed by atoms with Crippen LogP contribution < -0.4 is 10.6 Å². The maximum Gasteiger partial charge on any atom is 0.253 e. The van der Waals surface area contributed by atoms with Crippen LogP contribution in [0.1, 0.15) is 34.7 Å². The van der Waals surface area contributed by atoms with Gasteiger partial charge in [-0.3, -0.25) is 9.59 Å². The molecule has 1 aromatic heterocycles. The van der Waals surface area contributed by atoms with Gasteiger partial charge in [-0.2, -0.15) is 0 Å². The van der Waals surface area contributed by atoms with Crippen molar-refractivity contribution in [3.05, 3.63) is 81.1 Å². The molecule has 2 aromatic carbocycles. The van der Waals surface area contributed by atoms with E-state index < -0.39 is 6.04 Å². The predicted molar refractivity (Wildman–Crippen MR) is 138 cm³/mol. The fourth-order valence-electron chi connectivity index (χ4n) is 3.12. The molecule has 2 amide bonds. The number of nitrogens with one attached hydrogen (secondary N) is 2. The minimum absolute atomic E-state index is 0.123. The molecule has 0 aliphatic heterocycles. The molecule has 0 fully saturated rings. The third-order valence-corrected chi connectivity index (χ3v) is 6.51. The number of hydrogen-bond donors (Lipinski definition) is 2. The van der Waals surface area contributed by atoms with Crippen LogP contribution in [0.3, 0.4) is 0 Å². The second kappa shape index (κ2) is 11.8. The van der Waals surface area contributed by atoms with Crippen LogP contribution in [0.5, 0.6) is 0 Å². The van der Waals surface area contributed by atoms with Gasteiger partial charge in [0.05, 0.1) is 22.4 Å². The van der Waals surface area contributed by atoms with Crippen molar-refractivity contribution < 1.29 is 9.59 Å². The van der Waals surface area contributed by atoms with Crippen molar-refractivity contribution in [2.45, 2.75) is 31.6 Å². The molecule has 34 heavy (non-hydrogen) atoms. The topological polar surface area (TPSA) is 88.9 Å². The van der Waals surface area contributed by atoms with Gasteiger partial charge in [-0.1, -0.05) is 52.6 Å². The molecule has 0 saturated heterocycles. The Bertz CT molecular complexity index is 1230. The maximum atomic E-state index is 12.7. The number of hydrogen-bond acceptors (Lipinski definition) is 5. The quantitative estimate of drug-likeness (QED) is 0.259. The smallest absolute Gasteiger partial charge is 0.253 e. The highest BCUT2D eigenvalue weighted by atomic mass is 35.5. The predicted octanol–water partition coefficient (Wildman–Crippen LogP) is 5.95. The molecule has 2 N–H and O–H groups in total. The van der Waals surface area contributed by atoms with Gasteiger partial charge < -0.3 is 15.2 Å². The molecule has 0 unspecified atom stereocenters. The first kappa shape index (κ1) is 26.1. The van der Waals surface area contributed by atoms with E-state index in [2.05, 4.69) is 27.4 Å². The van der Waals surface area contributed by atoms with Gasteiger partial charge in [0.1, 0.15) is 0 Å². The summed E-state index contributed by atoms with van der Waals surface area (Å²) in [7, 11) is 0. The third-order valence-electron chi connectivity index (χ3n) is 4.76. The lowest BCUT2D eigenvalue weighted by molar-refractivity contribution is -0.113. The number of allylic oxidation sites excluding steroid dienone is 1. The summed E-state index contributed by atoms with van der Waals surface area (Å²) >= 11 is 19.3. The van der Waals surface area contributed by atoms with Gasteiger partial charge in [0, 0.05) is 22.3 Å². The highest BCUT2D eigenvalue weighted by molar-refractivity contribution is 7.99. The molecular weight excluding hydrogens is 517 g/mol. The molecule has 3 aromatic rings. The van der Waals surface area contributed by atoms with Crippen molar-refractivity contribution >= 4 is 64.1 Å². The second-order valence-electron chi connectivity index (χ2n) is 7.36. The first-order valence-electron chi connectivity index (χ1n) is 10.2. The van der Waals surface area contributed by atoms with E-state index in [1.807, 2.05) is 6.92 Å². The van der Waals surface area contributed by atoms with Gasteiger partial charge in [-0.05, 0) is 55.8 Å². The lowest BCUT2D eigenvalue weighted by Gasteiger charge is -2.16. The molecule has 0 bridgehead atoms. The van der Waals surface area contributed by atoms with Crippen molar-refractivity contribution in [2.75, 3.05) is 11.1 Å². The Kier molecular flexibility index (Phi) is 9.02. The van der Waals surface area contributed by atoms with E-state index in [-0.39, 0.29) is 22.6 Å². The van der Waals surface area contributed by atoms with Gasteiger partial charge in [0.25, 0.3) is 5.91 Å². The number of carbonyl (C=O) groups excluding carboxylic acids is 2. The largest absolute Gasteiger partial charge is 0.342 e. The van der Waals surface area contributed by atoms with Crippen LogP contribution in [-0.2, 0) is 11.3 Å². The van der Waals surface area contributed by atoms with E-state index in [0.717, 1.165) is 5.56 Å². The van der Waals surface area contributed by atoms with Crippen molar-refractivity contribution in [3.63, 3.8) is 0 Å². The molecule has 3 rings (SSSR count). The summed E-state index contributed by atoms with van der Waals surface area (Å²) in [6.07, 6.45) is 1.69. The molecule has 7 nitrogen and oxygen atoms in total. The Morgan fingerprint density at radius 1 is 1.15 bits per heavy atom. The number of aromatic nitrogens is 3. The first-order valence-corrected chi connectivity index (χ1v) is 12.3. The standard InChI is InChI=1S/C23H22Cl3N5O2S/c1-4-9-31-21(14(3)27-22(33)17-7-5-16(25)11-18(17)26)29-30-23(31)34-12-20(32)28-19-8-6-15(24)10-13(19)2/h4-8,10-11,14H,1,9,12H2,2-3H3,(H,27,33)(H,28,32)/t14-/m1/s1. The van der Waals surface area contributed by atoms with Crippen molar-refractivity contribution in [1.82, 2.24) is 20.1 Å². The number of nitrogens with zero attached hydrogens (tertiary/aromatic N) is 3. The Morgan fingerprint density at radius 3 is 2.53 bits per heavy atom. The maximum absolute atomic E-state index is 12.7. The Hall–Kier alpha value is -2.52. The van der Waals surface area contributed by atoms with Crippen LogP contribution in [0, 0.1) is 6.92 Å². The van der Waals surface area contributed by atoms with Gasteiger partial charge in [0.2, 0.25) is 5.91 Å². The van der Waals surface area contributed by atoms with Crippen LogP contribution >= 0.6 is 46.6 Å². The van der Waals surface area contributed by atoms with Gasteiger partial charge in [-0.25, -0.2) is 0 Å². The van der Waals surface area contributed by atoms with Crippen LogP contribution in [0.15, 0.2) is 54.2 Å². The van der Waals surface area contributed by atoms with E-state index in [1.165, 1.54) is 17.8 Å². The number of halogens is 3. The van der Waals surface area contributed by atoms with E-state index in [4.69, 9.17) is 34.8 Å². The number of carbonyl (C=O) groups is 2. The van der Waals surface area contributed by atoms with Crippen molar-refractivity contribution in [1.29, 1.82) is 0 Å². The number of aryl methyl sites for hydroxylation is 1. The monoisotopic (exact) mass is 537 g/mol. The Balaban J connectivity index is 1.68. The van der Waals surface area contributed by atoms with Gasteiger partial charge >= 0.3 is 0 Å². The molecule has 0 radical (unpaired) electrons. The van der Waals surface area contributed by atoms with Gasteiger partial charge in [0.15, 0.2) is 11.0 Å². The third kappa shape index (κ3) is 6.54. The molecule has 0 aliphatic rings. The minimum atomic E-state index is -0.480. The van der Waals surface area contributed by atoms with Crippen molar-refractivity contribution in [2.24, 2.45) is 0 Å². The summed E-state index contributed by atoms with van der Waals surface area (Å²) in [6, 6.07) is 9.44. The summed E-state index contributed by atoms with van der Waals surface area (Å²) in [5, 5.41) is 16.0. The molecule has 0 aliphatic carbocycles. The summed E-state index contributed by atoms with van der Waals surface area (Å²) in [5.74, 6) is 0.0891. The highest BCUT2D eigenvalue weighted by Crippen LogP contribution is 2.25. The number of amides is 2.